The van der Waals surface area contributed by atoms with Crippen molar-refractivity contribution < 1.29 is 5.11 Å². The van der Waals surface area contributed by atoms with Gasteiger partial charge in [-0.25, -0.2) is 0 Å². The summed E-state index contributed by atoms with van der Waals surface area (Å²) in [5.41, 5.74) is 0.208. The van der Waals surface area contributed by atoms with Crippen LogP contribution in [0.5, 0.6) is 0 Å². The maximum absolute atomic E-state index is 8.50. The molecule has 0 aromatic carbocycles. The Labute approximate surface area is 42.7 Å². The first kappa shape index (κ1) is 6.19. The molecule has 1 unspecified atom stereocenters. The van der Waals surface area contributed by atoms with Crippen LogP contribution in [0.2, 0.25) is 0 Å². The molecule has 0 bridgehead atoms. The Kier molecular flexibility index (Phi) is 2.10. The fourth-order valence-electron chi connectivity index (χ4n) is 0.0934. The number of hydrogen-bond acceptors (Lipinski definition) is 2. The van der Waals surface area contributed by atoms with Gasteiger partial charge in [0.25, 0.3) is 0 Å². The molecule has 2 nitrogen and oxygen atoms in total. The van der Waals surface area contributed by atoms with E-state index in [0.29, 0.717) is 0 Å². The van der Waals surface area contributed by atoms with Crippen LogP contribution in [-0.4, -0.2) is 11.2 Å². The van der Waals surface area contributed by atoms with Gasteiger partial charge in [0.2, 0.25) is 0 Å². The third-order valence-electron chi connectivity index (χ3n) is 0.648. The Hall–Kier alpha value is -0.810. The predicted octanol–water partition coefficient (Wildman–Crippen LogP) is 0.447. The molecule has 0 radical (unpaired) electrons. The average Bonchev–Trinajstić information content (AvgIpc) is 1.65. The third-order valence-corrected chi connectivity index (χ3v) is 0.648. The first-order valence-electron chi connectivity index (χ1n) is 1.95. The van der Waals surface area contributed by atoms with E-state index in [2.05, 4.69) is 6.58 Å². The Balaban J connectivity index is 3.64. The number of hydrogen-bond donors (Lipinski definition) is 1. The molecule has 2 heteroatoms. The minimum Gasteiger partial charge on any atom is -0.388 e. The molecule has 1 N–H and O–H groups in total. The first-order valence-corrected chi connectivity index (χ1v) is 1.95. The molecule has 0 saturated carbocycles. The lowest BCUT2D eigenvalue weighted by atomic mass is 10.2. The molecule has 0 heterocycles. The lowest BCUT2D eigenvalue weighted by Crippen LogP contribution is -1.99. The molecule has 38 valence electrons. The van der Waals surface area contributed by atoms with E-state index < -0.39 is 6.10 Å². The van der Waals surface area contributed by atoms with E-state index >= 15 is 0 Å². The zero-order chi connectivity index (χ0) is 5.86. The summed E-state index contributed by atoms with van der Waals surface area (Å²) in [6, 6.07) is 1.72. The highest BCUT2D eigenvalue weighted by molar-refractivity contribution is 5.19. The van der Waals surface area contributed by atoms with E-state index in [1.54, 1.807) is 6.07 Å². The second kappa shape index (κ2) is 2.38. The predicted molar refractivity (Wildman–Crippen MR) is 26.4 cm³/mol. The first-order chi connectivity index (χ1) is 3.18. The van der Waals surface area contributed by atoms with Crippen LogP contribution in [-0.2, 0) is 0 Å². The highest BCUT2D eigenvalue weighted by Crippen LogP contribution is 1.92. The minimum absolute atomic E-state index is 0.208. The number of aliphatic hydroxyl groups is 1. The van der Waals surface area contributed by atoms with Crippen molar-refractivity contribution >= 4 is 0 Å². The maximum Gasteiger partial charge on any atom is 0.0968 e. The van der Waals surface area contributed by atoms with Crippen LogP contribution in [0, 0.1) is 11.3 Å². The van der Waals surface area contributed by atoms with E-state index in [1.807, 2.05) is 0 Å². The van der Waals surface area contributed by atoms with Crippen LogP contribution in [0.3, 0.4) is 0 Å². The van der Waals surface area contributed by atoms with Crippen LogP contribution < -0.4 is 0 Å². The molecule has 0 aromatic heterocycles. The smallest absolute Gasteiger partial charge is 0.0968 e. The van der Waals surface area contributed by atoms with Crippen LogP contribution in [0.1, 0.15) is 6.92 Å². The van der Waals surface area contributed by atoms with Crippen molar-refractivity contribution in [1.29, 1.82) is 5.26 Å². The van der Waals surface area contributed by atoms with Crippen molar-refractivity contribution in [2.24, 2.45) is 0 Å². The summed E-state index contributed by atoms with van der Waals surface area (Å²) >= 11 is 0. The number of nitriles is 1. The molecule has 1 atom stereocenters. The molecule has 0 spiro atoms. The molecule has 0 saturated heterocycles. The Bertz CT molecular complexity index is 110. The van der Waals surface area contributed by atoms with Gasteiger partial charge in [0.15, 0.2) is 0 Å². The van der Waals surface area contributed by atoms with Crippen LogP contribution in [0.4, 0.5) is 0 Å². The molecule has 0 aliphatic carbocycles. The third kappa shape index (κ3) is 1.96. The van der Waals surface area contributed by atoms with Crippen molar-refractivity contribution in [2.45, 2.75) is 13.0 Å². The highest BCUT2D eigenvalue weighted by atomic mass is 16.3. The Morgan fingerprint density at radius 1 is 2.00 bits per heavy atom. The SMILES string of the molecule is C=C(C#N)C(C)O. The molecule has 0 aliphatic rings. The standard InChI is InChI=1S/C5H7NO/c1-4(3-6)5(2)7/h5,7H,1H2,2H3. The van der Waals surface area contributed by atoms with Crippen molar-refractivity contribution in [3.8, 4) is 6.07 Å². The minimum atomic E-state index is -0.690. The van der Waals surface area contributed by atoms with Crippen LogP contribution in [0.15, 0.2) is 12.2 Å². The summed E-state index contributed by atoms with van der Waals surface area (Å²) in [5.74, 6) is 0. The van der Waals surface area contributed by atoms with E-state index in [0.717, 1.165) is 0 Å². The van der Waals surface area contributed by atoms with Crippen molar-refractivity contribution in [1.82, 2.24) is 0 Å². The van der Waals surface area contributed by atoms with Gasteiger partial charge >= 0.3 is 0 Å². The molecule has 0 rings (SSSR count). The van der Waals surface area contributed by atoms with Gasteiger partial charge in [-0.2, -0.15) is 5.26 Å². The van der Waals surface area contributed by atoms with Crippen LogP contribution >= 0.6 is 0 Å². The van der Waals surface area contributed by atoms with Crippen molar-refractivity contribution in [3.63, 3.8) is 0 Å². The quantitative estimate of drug-likeness (QED) is 0.483. The van der Waals surface area contributed by atoms with Gasteiger partial charge in [0.05, 0.1) is 17.7 Å². The molecule has 0 aliphatic heterocycles. The van der Waals surface area contributed by atoms with Gasteiger partial charge in [-0.3, -0.25) is 0 Å². The van der Waals surface area contributed by atoms with Gasteiger partial charge in [0.1, 0.15) is 0 Å². The molecule has 0 fully saturated rings. The van der Waals surface area contributed by atoms with Gasteiger partial charge < -0.3 is 5.11 Å². The number of nitrogens with zero attached hydrogens (tertiary/aromatic N) is 1. The highest BCUT2D eigenvalue weighted by Gasteiger charge is 1.95. The second-order valence-electron chi connectivity index (χ2n) is 1.31. The monoisotopic (exact) mass is 97.1 g/mol. The summed E-state index contributed by atoms with van der Waals surface area (Å²) in [5, 5.41) is 16.5. The Morgan fingerprint density at radius 3 is 2.43 bits per heavy atom. The Morgan fingerprint density at radius 2 is 2.43 bits per heavy atom. The summed E-state index contributed by atoms with van der Waals surface area (Å²) < 4.78 is 0. The van der Waals surface area contributed by atoms with Crippen LogP contribution in [0.25, 0.3) is 0 Å². The molecule has 7 heavy (non-hydrogen) atoms. The van der Waals surface area contributed by atoms with E-state index in [-0.39, 0.29) is 5.57 Å². The van der Waals surface area contributed by atoms with Gasteiger partial charge in [-0.1, -0.05) is 6.58 Å². The molecule has 0 amide bonds. The fourth-order valence-corrected chi connectivity index (χ4v) is 0.0934. The summed E-state index contributed by atoms with van der Waals surface area (Å²) in [6.07, 6.45) is -0.690. The normalized spacial score (nSPS) is 12.1. The number of rotatable bonds is 1. The fraction of sp³-hybridized carbons (Fsp3) is 0.400. The molecule has 0 aromatic rings. The van der Waals surface area contributed by atoms with Gasteiger partial charge in [-0.05, 0) is 6.92 Å². The zero-order valence-electron chi connectivity index (χ0n) is 4.18. The summed E-state index contributed by atoms with van der Waals surface area (Å²) in [6.45, 7) is 4.77. The summed E-state index contributed by atoms with van der Waals surface area (Å²) in [7, 11) is 0. The number of aliphatic hydroxyl groups excluding tert-OH is 1. The topological polar surface area (TPSA) is 44.0 Å². The zero-order valence-corrected chi connectivity index (χ0v) is 4.18. The maximum atomic E-state index is 8.50. The van der Waals surface area contributed by atoms with Crippen molar-refractivity contribution in [3.05, 3.63) is 12.2 Å². The van der Waals surface area contributed by atoms with Crippen molar-refractivity contribution in [2.75, 3.05) is 0 Å². The second-order valence-corrected chi connectivity index (χ2v) is 1.31. The van der Waals surface area contributed by atoms with Gasteiger partial charge in [0, 0.05) is 0 Å². The molecular weight excluding hydrogens is 90.1 g/mol. The van der Waals surface area contributed by atoms with E-state index in [1.165, 1.54) is 6.92 Å². The largest absolute Gasteiger partial charge is 0.388 e. The van der Waals surface area contributed by atoms with E-state index in [4.69, 9.17) is 10.4 Å². The average molecular weight is 97.1 g/mol. The summed E-state index contributed by atoms with van der Waals surface area (Å²) in [4.78, 5) is 0. The van der Waals surface area contributed by atoms with E-state index in [9.17, 15) is 0 Å². The lowest BCUT2D eigenvalue weighted by Gasteiger charge is -1.94. The lowest BCUT2D eigenvalue weighted by molar-refractivity contribution is 0.237. The molecular formula is C5H7NO. The van der Waals surface area contributed by atoms with Gasteiger partial charge in [-0.15, -0.1) is 0 Å².